The highest BCUT2D eigenvalue weighted by atomic mass is 16.2. The summed E-state index contributed by atoms with van der Waals surface area (Å²) >= 11 is 0. The van der Waals surface area contributed by atoms with E-state index in [2.05, 4.69) is 5.32 Å². The number of hydrogen-bond acceptors (Lipinski definition) is 3. The number of amides is 1. The van der Waals surface area contributed by atoms with E-state index in [1.165, 1.54) is 6.92 Å². The van der Waals surface area contributed by atoms with Gasteiger partial charge in [0, 0.05) is 24.3 Å². The largest absolute Gasteiger partial charge is 0.376 e. The number of nitrogens with one attached hydrogen (secondary N) is 1. The molecule has 0 saturated heterocycles. The Morgan fingerprint density at radius 1 is 1.04 bits per heavy atom. The minimum absolute atomic E-state index is 0.0132. The van der Waals surface area contributed by atoms with Crippen molar-refractivity contribution in [2.75, 3.05) is 18.4 Å². The monoisotopic (exact) mass is 310 g/mol. The van der Waals surface area contributed by atoms with Crippen LogP contribution in [0.3, 0.4) is 0 Å². The van der Waals surface area contributed by atoms with E-state index in [-0.39, 0.29) is 18.2 Å². The van der Waals surface area contributed by atoms with E-state index in [9.17, 15) is 9.59 Å². The molecule has 0 spiro atoms. The van der Waals surface area contributed by atoms with E-state index >= 15 is 0 Å². The van der Waals surface area contributed by atoms with Crippen LogP contribution < -0.4 is 5.32 Å². The maximum absolute atomic E-state index is 12.4. The van der Waals surface area contributed by atoms with Crippen LogP contribution in [0.25, 0.3) is 0 Å². The van der Waals surface area contributed by atoms with Crippen LogP contribution in [0.4, 0.5) is 5.69 Å². The third kappa shape index (κ3) is 4.95. The molecule has 0 aliphatic carbocycles. The van der Waals surface area contributed by atoms with Crippen molar-refractivity contribution in [3.05, 3.63) is 65.7 Å². The SMILES string of the molecule is CCN(Cc1ccccc1)C(=O)CNc1cccc(C(C)=O)c1. The van der Waals surface area contributed by atoms with Gasteiger partial charge >= 0.3 is 0 Å². The van der Waals surface area contributed by atoms with Crippen molar-refractivity contribution in [1.29, 1.82) is 0 Å². The normalized spacial score (nSPS) is 10.2. The van der Waals surface area contributed by atoms with Crippen LogP contribution in [-0.4, -0.2) is 29.7 Å². The Kier molecular flexibility index (Phi) is 5.92. The fraction of sp³-hybridized carbons (Fsp3) is 0.263. The molecule has 2 aromatic rings. The molecule has 2 rings (SSSR count). The summed E-state index contributed by atoms with van der Waals surface area (Å²) in [5.41, 5.74) is 2.53. The maximum atomic E-state index is 12.4. The molecule has 0 atom stereocenters. The van der Waals surface area contributed by atoms with Gasteiger partial charge in [-0.15, -0.1) is 0 Å². The molecule has 0 unspecified atom stereocenters. The Labute approximate surface area is 137 Å². The summed E-state index contributed by atoms with van der Waals surface area (Å²) in [6.45, 7) is 4.97. The second kappa shape index (κ2) is 8.13. The fourth-order valence-corrected chi connectivity index (χ4v) is 2.32. The molecule has 120 valence electrons. The van der Waals surface area contributed by atoms with Gasteiger partial charge < -0.3 is 10.2 Å². The first-order chi connectivity index (χ1) is 11.1. The number of Topliss-reactive ketones (excluding diaryl/α,β-unsaturated/α-hetero) is 1. The smallest absolute Gasteiger partial charge is 0.242 e. The molecule has 0 aliphatic rings. The van der Waals surface area contributed by atoms with Crippen LogP contribution in [0.2, 0.25) is 0 Å². The van der Waals surface area contributed by atoms with Gasteiger partial charge in [-0.1, -0.05) is 42.5 Å². The number of likely N-dealkylation sites (N-methyl/N-ethyl adjacent to an activating group) is 1. The number of anilines is 1. The molecular formula is C19H22N2O2. The summed E-state index contributed by atoms with van der Waals surface area (Å²) in [6.07, 6.45) is 0. The van der Waals surface area contributed by atoms with Gasteiger partial charge in [-0.05, 0) is 31.5 Å². The minimum atomic E-state index is 0.0132. The zero-order valence-corrected chi connectivity index (χ0v) is 13.6. The lowest BCUT2D eigenvalue weighted by Gasteiger charge is -2.21. The number of carbonyl (C=O) groups is 2. The third-order valence-electron chi connectivity index (χ3n) is 3.66. The summed E-state index contributed by atoms with van der Waals surface area (Å²) in [5, 5.41) is 3.10. The van der Waals surface area contributed by atoms with Crippen LogP contribution >= 0.6 is 0 Å². The quantitative estimate of drug-likeness (QED) is 0.798. The molecule has 1 N–H and O–H groups in total. The maximum Gasteiger partial charge on any atom is 0.242 e. The molecule has 0 saturated carbocycles. The average Bonchev–Trinajstić information content (AvgIpc) is 2.58. The molecule has 1 amide bonds. The Hall–Kier alpha value is -2.62. The van der Waals surface area contributed by atoms with E-state index < -0.39 is 0 Å². The number of rotatable bonds is 7. The topological polar surface area (TPSA) is 49.4 Å². The van der Waals surface area contributed by atoms with E-state index in [0.717, 1.165) is 11.3 Å². The first-order valence-corrected chi connectivity index (χ1v) is 7.76. The first-order valence-electron chi connectivity index (χ1n) is 7.76. The van der Waals surface area contributed by atoms with Crippen molar-refractivity contribution in [2.24, 2.45) is 0 Å². The lowest BCUT2D eigenvalue weighted by molar-refractivity contribution is -0.129. The van der Waals surface area contributed by atoms with E-state index in [1.807, 2.05) is 49.4 Å². The zero-order valence-electron chi connectivity index (χ0n) is 13.6. The van der Waals surface area contributed by atoms with Crippen molar-refractivity contribution in [3.63, 3.8) is 0 Å². The van der Waals surface area contributed by atoms with E-state index in [1.54, 1.807) is 17.0 Å². The summed E-state index contributed by atoms with van der Waals surface area (Å²) in [5.74, 6) is 0.0452. The Balaban J connectivity index is 1.94. The highest BCUT2D eigenvalue weighted by Crippen LogP contribution is 2.11. The van der Waals surface area contributed by atoms with Gasteiger partial charge in [-0.3, -0.25) is 9.59 Å². The standard InChI is InChI=1S/C19H22N2O2/c1-3-21(14-16-8-5-4-6-9-16)19(23)13-20-18-11-7-10-17(12-18)15(2)22/h4-12,20H,3,13-14H2,1-2H3. The number of nitrogens with zero attached hydrogens (tertiary/aromatic N) is 1. The zero-order chi connectivity index (χ0) is 16.7. The molecule has 4 nitrogen and oxygen atoms in total. The van der Waals surface area contributed by atoms with Crippen LogP contribution in [-0.2, 0) is 11.3 Å². The summed E-state index contributed by atoms with van der Waals surface area (Å²) in [7, 11) is 0. The van der Waals surface area contributed by atoms with Crippen LogP contribution in [0.5, 0.6) is 0 Å². The summed E-state index contributed by atoms with van der Waals surface area (Å²) in [6, 6.07) is 17.1. The molecule has 0 radical (unpaired) electrons. The van der Waals surface area contributed by atoms with E-state index in [0.29, 0.717) is 18.7 Å². The average molecular weight is 310 g/mol. The van der Waals surface area contributed by atoms with Crippen LogP contribution in [0, 0.1) is 0 Å². The van der Waals surface area contributed by atoms with Crippen LogP contribution in [0.15, 0.2) is 54.6 Å². The van der Waals surface area contributed by atoms with E-state index in [4.69, 9.17) is 0 Å². The van der Waals surface area contributed by atoms with Gasteiger partial charge in [-0.25, -0.2) is 0 Å². The number of ketones is 1. The van der Waals surface area contributed by atoms with Crippen LogP contribution in [0.1, 0.15) is 29.8 Å². The molecular weight excluding hydrogens is 288 g/mol. The van der Waals surface area contributed by atoms with Crippen molar-refractivity contribution < 1.29 is 9.59 Å². The van der Waals surface area contributed by atoms with Crippen molar-refractivity contribution in [1.82, 2.24) is 4.90 Å². The Bertz CT molecular complexity index is 668. The van der Waals surface area contributed by atoms with Gasteiger partial charge in [0.05, 0.1) is 6.54 Å². The van der Waals surface area contributed by atoms with Gasteiger partial charge in [0.1, 0.15) is 0 Å². The lowest BCUT2D eigenvalue weighted by atomic mass is 10.1. The molecule has 0 fully saturated rings. The lowest BCUT2D eigenvalue weighted by Crippen LogP contribution is -2.34. The third-order valence-corrected chi connectivity index (χ3v) is 3.66. The second-order valence-electron chi connectivity index (χ2n) is 5.38. The Morgan fingerprint density at radius 3 is 2.43 bits per heavy atom. The predicted molar refractivity (Wildman–Crippen MR) is 92.5 cm³/mol. The number of hydrogen-bond donors (Lipinski definition) is 1. The molecule has 0 aliphatic heterocycles. The molecule has 23 heavy (non-hydrogen) atoms. The molecule has 0 aromatic heterocycles. The molecule has 0 heterocycles. The first kappa shape index (κ1) is 16.7. The molecule has 0 bridgehead atoms. The molecule has 2 aromatic carbocycles. The van der Waals surface area contributed by atoms with Gasteiger partial charge in [0.15, 0.2) is 5.78 Å². The van der Waals surface area contributed by atoms with Gasteiger partial charge in [0.25, 0.3) is 0 Å². The number of carbonyl (C=O) groups excluding carboxylic acids is 2. The number of benzene rings is 2. The Morgan fingerprint density at radius 2 is 1.78 bits per heavy atom. The van der Waals surface area contributed by atoms with Crippen molar-refractivity contribution >= 4 is 17.4 Å². The van der Waals surface area contributed by atoms with Crippen molar-refractivity contribution in [3.8, 4) is 0 Å². The second-order valence-corrected chi connectivity index (χ2v) is 5.38. The minimum Gasteiger partial charge on any atom is -0.376 e. The highest BCUT2D eigenvalue weighted by molar-refractivity contribution is 5.95. The highest BCUT2D eigenvalue weighted by Gasteiger charge is 2.12. The fourth-order valence-electron chi connectivity index (χ4n) is 2.32. The predicted octanol–water partition coefficient (Wildman–Crippen LogP) is 3.35. The van der Waals surface area contributed by atoms with Gasteiger partial charge in [-0.2, -0.15) is 0 Å². The molecule has 4 heteroatoms. The summed E-state index contributed by atoms with van der Waals surface area (Å²) in [4.78, 5) is 25.6. The summed E-state index contributed by atoms with van der Waals surface area (Å²) < 4.78 is 0. The van der Waals surface area contributed by atoms with Crippen molar-refractivity contribution in [2.45, 2.75) is 20.4 Å². The van der Waals surface area contributed by atoms with Gasteiger partial charge in [0.2, 0.25) is 5.91 Å².